The molecule has 1 aromatic heterocycles. The Balaban J connectivity index is 1.85. The van der Waals surface area contributed by atoms with E-state index >= 15 is 0 Å². The minimum Gasteiger partial charge on any atom is -0.321 e. The molecule has 0 unspecified atom stereocenters. The normalized spacial score (nSPS) is 11.9. The first-order valence-corrected chi connectivity index (χ1v) is 8.36. The van der Waals surface area contributed by atoms with E-state index in [-0.39, 0.29) is 11.2 Å². The zero-order valence-electron chi connectivity index (χ0n) is 12.3. The van der Waals surface area contributed by atoms with E-state index in [1.807, 2.05) is 29.0 Å². The first-order valence-electron chi connectivity index (χ1n) is 6.92. The summed E-state index contributed by atoms with van der Waals surface area (Å²) in [7, 11) is -4.31. The number of aliphatic imine (C=N–C) groups is 1. The van der Waals surface area contributed by atoms with Gasteiger partial charge < -0.3 is 4.98 Å². The Morgan fingerprint density at radius 2 is 1.79 bits per heavy atom. The molecule has 122 valence electrons. The summed E-state index contributed by atoms with van der Waals surface area (Å²) in [5, 5.41) is 0.895. The third-order valence-electron chi connectivity index (χ3n) is 3.25. The molecule has 7 nitrogen and oxygen atoms in total. The van der Waals surface area contributed by atoms with E-state index in [1.54, 1.807) is 18.2 Å². The molecular formula is C16H13N3O4S. The fourth-order valence-corrected chi connectivity index (χ4v) is 2.60. The second-order valence-electron chi connectivity index (χ2n) is 5.02. The number of pyridine rings is 1. The number of nitrogens with one attached hydrogen (secondary N) is 2. The predicted molar refractivity (Wildman–Crippen MR) is 93.4 cm³/mol. The van der Waals surface area contributed by atoms with Gasteiger partial charge in [0, 0.05) is 11.7 Å². The number of hydrogen-bond acceptors (Lipinski definition) is 4. The Morgan fingerprint density at radius 3 is 2.50 bits per heavy atom. The highest BCUT2D eigenvalue weighted by molar-refractivity contribution is 7.87. The van der Waals surface area contributed by atoms with Gasteiger partial charge in [-0.05, 0) is 41.8 Å². The number of aromatic amines is 1. The van der Waals surface area contributed by atoms with Crippen LogP contribution in [0.4, 0.5) is 11.4 Å². The predicted octanol–water partition coefficient (Wildman–Crippen LogP) is 2.49. The summed E-state index contributed by atoms with van der Waals surface area (Å²) >= 11 is 0. The minimum atomic E-state index is -4.31. The van der Waals surface area contributed by atoms with Gasteiger partial charge in [0.25, 0.3) is 5.56 Å². The highest BCUT2D eigenvalue weighted by atomic mass is 32.2. The smallest absolute Gasteiger partial charge is 0.321 e. The van der Waals surface area contributed by atoms with Crippen molar-refractivity contribution in [1.82, 2.24) is 4.98 Å². The van der Waals surface area contributed by atoms with Gasteiger partial charge in [-0.2, -0.15) is 8.42 Å². The van der Waals surface area contributed by atoms with Crippen LogP contribution in [0.15, 0.2) is 64.4 Å². The van der Waals surface area contributed by atoms with Crippen molar-refractivity contribution in [2.75, 3.05) is 4.72 Å². The Morgan fingerprint density at radius 1 is 1.08 bits per heavy atom. The van der Waals surface area contributed by atoms with Crippen LogP contribution in [0.3, 0.4) is 0 Å². The molecule has 24 heavy (non-hydrogen) atoms. The van der Waals surface area contributed by atoms with Gasteiger partial charge in [0.15, 0.2) is 0 Å². The molecule has 0 radical (unpaired) electrons. The number of benzene rings is 2. The number of para-hydroxylation sites is 1. The van der Waals surface area contributed by atoms with Crippen molar-refractivity contribution < 1.29 is 13.0 Å². The lowest BCUT2D eigenvalue weighted by molar-refractivity contribution is 0.489. The van der Waals surface area contributed by atoms with Crippen LogP contribution in [0.25, 0.3) is 10.9 Å². The van der Waals surface area contributed by atoms with Gasteiger partial charge in [-0.3, -0.25) is 19.1 Å². The van der Waals surface area contributed by atoms with Gasteiger partial charge in [0.05, 0.1) is 16.9 Å². The van der Waals surface area contributed by atoms with Crippen molar-refractivity contribution in [1.29, 1.82) is 0 Å². The van der Waals surface area contributed by atoms with Gasteiger partial charge in [-0.15, -0.1) is 0 Å². The molecule has 3 aromatic rings. The molecule has 8 heteroatoms. The molecule has 0 saturated heterocycles. The van der Waals surface area contributed by atoms with Crippen LogP contribution in [0.1, 0.15) is 5.56 Å². The quantitative estimate of drug-likeness (QED) is 0.499. The lowest BCUT2D eigenvalue weighted by Gasteiger charge is -2.02. The molecule has 0 atom stereocenters. The number of hydrogen-bond donors (Lipinski definition) is 3. The second-order valence-corrected chi connectivity index (χ2v) is 6.18. The molecule has 2 aromatic carbocycles. The summed E-state index contributed by atoms with van der Waals surface area (Å²) in [6.45, 7) is 0. The van der Waals surface area contributed by atoms with Crippen LogP contribution in [-0.4, -0.2) is 24.2 Å². The SMILES string of the molecule is O=c1[nH]c2ccccc2cc1C=Nc1ccc(NS(=O)(=O)O)cc1. The minimum absolute atomic E-state index is 0.208. The number of aromatic nitrogens is 1. The molecule has 0 fully saturated rings. The Labute approximate surface area is 137 Å². The number of fused-ring (bicyclic) bond motifs is 1. The molecule has 0 aliphatic heterocycles. The summed E-state index contributed by atoms with van der Waals surface area (Å²) in [5.41, 5.74) is 1.65. The molecule has 0 aliphatic rings. The number of rotatable bonds is 4. The first-order chi connectivity index (χ1) is 11.4. The number of H-pyrrole nitrogens is 1. The maximum atomic E-state index is 12.0. The molecule has 1 heterocycles. The van der Waals surface area contributed by atoms with Crippen LogP contribution in [-0.2, 0) is 10.3 Å². The van der Waals surface area contributed by atoms with E-state index in [2.05, 4.69) is 9.98 Å². The van der Waals surface area contributed by atoms with Crippen LogP contribution < -0.4 is 10.3 Å². The lowest BCUT2D eigenvalue weighted by Crippen LogP contribution is -2.11. The Hall–Kier alpha value is -2.97. The van der Waals surface area contributed by atoms with Gasteiger partial charge in [0.2, 0.25) is 0 Å². The molecule has 0 aliphatic carbocycles. The second kappa shape index (κ2) is 6.26. The fraction of sp³-hybridized carbons (Fsp3) is 0. The summed E-state index contributed by atoms with van der Waals surface area (Å²) in [6.07, 6.45) is 1.44. The largest absolute Gasteiger partial charge is 0.357 e. The molecular weight excluding hydrogens is 330 g/mol. The zero-order chi connectivity index (χ0) is 17.2. The molecule has 3 N–H and O–H groups in total. The van der Waals surface area contributed by atoms with Crippen molar-refractivity contribution in [3.8, 4) is 0 Å². The van der Waals surface area contributed by atoms with E-state index in [0.29, 0.717) is 11.3 Å². The van der Waals surface area contributed by atoms with Crippen LogP contribution in [0.2, 0.25) is 0 Å². The van der Waals surface area contributed by atoms with Crippen molar-refractivity contribution in [3.63, 3.8) is 0 Å². The van der Waals surface area contributed by atoms with Gasteiger partial charge in [-0.1, -0.05) is 18.2 Å². The van der Waals surface area contributed by atoms with Crippen molar-refractivity contribution in [2.24, 2.45) is 4.99 Å². The van der Waals surface area contributed by atoms with Crippen molar-refractivity contribution >= 4 is 38.8 Å². The molecule has 0 spiro atoms. The summed E-state index contributed by atoms with van der Waals surface area (Å²) in [5.74, 6) is 0. The number of anilines is 1. The average Bonchev–Trinajstić information content (AvgIpc) is 2.53. The zero-order valence-corrected chi connectivity index (χ0v) is 13.1. The van der Waals surface area contributed by atoms with Gasteiger partial charge in [-0.25, -0.2) is 0 Å². The Bertz CT molecular complexity index is 1070. The van der Waals surface area contributed by atoms with Crippen LogP contribution in [0.5, 0.6) is 0 Å². The number of nitrogens with zero attached hydrogens (tertiary/aromatic N) is 1. The van der Waals surface area contributed by atoms with Gasteiger partial charge in [0.1, 0.15) is 0 Å². The third-order valence-corrected chi connectivity index (χ3v) is 3.74. The Kier molecular flexibility index (Phi) is 4.15. The van der Waals surface area contributed by atoms with E-state index in [0.717, 1.165) is 10.9 Å². The highest BCUT2D eigenvalue weighted by Crippen LogP contribution is 2.17. The maximum absolute atomic E-state index is 12.0. The fourth-order valence-electron chi connectivity index (χ4n) is 2.17. The van der Waals surface area contributed by atoms with Crippen molar-refractivity contribution in [2.45, 2.75) is 0 Å². The molecule has 0 bridgehead atoms. The van der Waals surface area contributed by atoms with Gasteiger partial charge >= 0.3 is 10.3 Å². The van der Waals surface area contributed by atoms with Crippen molar-refractivity contribution in [3.05, 3.63) is 70.5 Å². The summed E-state index contributed by atoms with van der Waals surface area (Å²) < 4.78 is 32.1. The maximum Gasteiger partial charge on any atom is 0.357 e. The monoisotopic (exact) mass is 343 g/mol. The van der Waals surface area contributed by atoms with Crippen LogP contribution in [0, 0.1) is 0 Å². The molecule has 0 saturated carbocycles. The van der Waals surface area contributed by atoms with E-state index in [1.165, 1.54) is 18.3 Å². The molecule has 3 rings (SSSR count). The average molecular weight is 343 g/mol. The lowest BCUT2D eigenvalue weighted by atomic mass is 10.2. The molecule has 0 amide bonds. The summed E-state index contributed by atoms with van der Waals surface area (Å²) in [4.78, 5) is 19.0. The summed E-state index contributed by atoms with van der Waals surface area (Å²) in [6, 6.07) is 15.2. The van der Waals surface area contributed by atoms with E-state index < -0.39 is 10.3 Å². The van der Waals surface area contributed by atoms with E-state index in [9.17, 15) is 13.2 Å². The van der Waals surface area contributed by atoms with Crippen LogP contribution >= 0.6 is 0 Å². The van der Waals surface area contributed by atoms with E-state index in [4.69, 9.17) is 4.55 Å². The standard InChI is InChI=1S/C16H13N3O4S/c20-16-12(9-11-3-1-2-4-15(11)18-16)10-17-13-5-7-14(8-6-13)19-24(21,22)23/h1-10,19H,(H,18,20)(H,21,22,23). The topological polar surface area (TPSA) is 112 Å². The highest BCUT2D eigenvalue weighted by Gasteiger charge is 2.03. The third kappa shape index (κ3) is 3.86. The first kappa shape index (κ1) is 15.9.